The third-order valence-electron chi connectivity index (χ3n) is 4.41. The van der Waals surface area contributed by atoms with Crippen molar-refractivity contribution >= 4 is 12.2 Å². The van der Waals surface area contributed by atoms with Crippen LogP contribution in [0.5, 0.6) is 0 Å². The average molecular weight is 394 g/mol. The number of carbonyl (C=O) groups excluding carboxylic acids is 2. The van der Waals surface area contributed by atoms with Crippen LogP contribution in [-0.2, 0) is 15.0 Å². The van der Waals surface area contributed by atoms with Crippen molar-refractivity contribution in [2.24, 2.45) is 0 Å². The Labute approximate surface area is 166 Å². The molecule has 0 aromatic heterocycles. The molecule has 0 unspecified atom stereocenters. The van der Waals surface area contributed by atoms with Crippen LogP contribution in [0.2, 0.25) is 0 Å². The first-order chi connectivity index (χ1) is 12.8. The van der Waals surface area contributed by atoms with E-state index in [1.165, 1.54) is 12.1 Å². The fraction of sp³-hybridized carbons (Fsp3) is 0.619. The van der Waals surface area contributed by atoms with E-state index in [1.807, 2.05) is 20.8 Å². The first-order valence-electron chi connectivity index (χ1n) is 9.55. The van der Waals surface area contributed by atoms with Gasteiger partial charge in [0.2, 0.25) is 0 Å². The van der Waals surface area contributed by atoms with Gasteiger partial charge in [-0.2, -0.15) is 0 Å². The first-order valence-corrected chi connectivity index (χ1v) is 9.55. The third kappa shape index (κ3) is 6.11. The molecule has 1 saturated heterocycles. The number of hydrogen-bond donors (Lipinski definition) is 1. The number of hydrogen-bond acceptors (Lipinski definition) is 4. The van der Waals surface area contributed by atoms with Gasteiger partial charge in [0, 0.05) is 13.1 Å². The lowest BCUT2D eigenvalue weighted by molar-refractivity contribution is 0.0115. The largest absolute Gasteiger partial charge is 0.444 e. The summed E-state index contributed by atoms with van der Waals surface area (Å²) in [4.78, 5) is 26.4. The van der Waals surface area contributed by atoms with E-state index in [0.717, 1.165) is 5.56 Å². The van der Waals surface area contributed by atoms with Crippen LogP contribution in [0.25, 0.3) is 0 Å². The molecule has 1 N–H and O–H groups in total. The molecule has 2 amide bonds. The zero-order chi connectivity index (χ0) is 21.2. The Morgan fingerprint density at radius 1 is 0.964 bits per heavy atom. The number of piperidine rings is 1. The van der Waals surface area contributed by atoms with E-state index in [1.54, 1.807) is 37.8 Å². The summed E-state index contributed by atoms with van der Waals surface area (Å²) in [6, 6.07) is 6.06. The summed E-state index contributed by atoms with van der Waals surface area (Å²) in [5.74, 6) is -0.345. The number of nitrogens with zero attached hydrogens (tertiary/aromatic N) is 1. The van der Waals surface area contributed by atoms with E-state index in [2.05, 4.69) is 5.32 Å². The van der Waals surface area contributed by atoms with Crippen LogP contribution >= 0.6 is 0 Å². The van der Waals surface area contributed by atoms with Crippen LogP contribution in [0.3, 0.4) is 0 Å². The minimum Gasteiger partial charge on any atom is -0.444 e. The molecule has 7 heteroatoms. The molecule has 1 aliphatic rings. The summed E-state index contributed by atoms with van der Waals surface area (Å²) >= 11 is 0. The Bertz CT molecular complexity index is 697. The fourth-order valence-corrected chi connectivity index (χ4v) is 3.15. The van der Waals surface area contributed by atoms with Crippen molar-refractivity contribution < 1.29 is 23.5 Å². The molecule has 1 aromatic carbocycles. The van der Waals surface area contributed by atoms with Gasteiger partial charge >= 0.3 is 12.2 Å². The summed E-state index contributed by atoms with van der Waals surface area (Å²) < 4.78 is 24.3. The number of amides is 2. The standard InChI is InChI=1S/C21H31FN2O4/c1-19(2,3)27-17(25)23-21(15-7-9-16(22)10-8-15)11-13-24(14-12-21)18(26)28-20(4,5)6/h7-10H,11-14H2,1-6H3,(H,23,25). The van der Waals surface area contributed by atoms with Crippen LogP contribution in [0.15, 0.2) is 24.3 Å². The zero-order valence-electron chi connectivity index (χ0n) is 17.6. The highest BCUT2D eigenvalue weighted by atomic mass is 19.1. The van der Waals surface area contributed by atoms with E-state index in [9.17, 15) is 14.0 Å². The van der Waals surface area contributed by atoms with Gasteiger partial charge in [0.15, 0.2) is 0 Å². The molecule has 0 spiro atoms. The van der Waals surface area contributed by atoms with Crippen LogP contribution in [0, 0.1) is 5.82 Å². The molecule has 1 fully saturated rings. The van der Waals surface area contributed by atoms with Gasteiger partial charge in [0.1, 0.15) is 17.0 Å². The summed E-state index contributed by atoms with van der Waals surface area (Å²) in [6.07, 6.45) is 0.0221. The van der Waals surface area contributed by atoms with E-state index < -0.39 is 22.8 Å². The maximum Gasteiger partial charge on any atom is 0.410 e. The van der Waals surface area contributed by atoms with Crippen LogP contribution in [0.4, 0.5) is 14.0 Å². The second-order valence-electron chi connectivity index (χ2n) is 9.18. The predicted octanol–water partition coefficient (Wildman–Crippen LogP) is 4.58. The lowest BCUT2D eigenvalue weighted by Crippen LogP contribution is -2.55. The molecule has 156 valence electrons. The van der Waals surface area contributed by atoms with Gasteiger partial charge < -0.3 is 19.7 Å². The Kier molecular flexibility index (Phi) is 6.26. The van der Waals surface area contributed by atoms with Crippen molar-refractivity contribution in [2.45, 2.75) is 71.1 Å². The summed E-state index contributed by atoms with van der Waals surface area (Å²) in [5, 5.41) is 2.97. The molecule has 28 heavy (non-hydrogen) atoms. The van der Waals surface area contributed by atoms with Crippen LogP contribution in [0.1, 0.15) is 59.9 Å². The number of halogens is 1. The van der Waals surface area contributed by atoms with E-state index in [0.29, 0.717) is 25.9 Å². The SMILES string of the molecule is CC(C)(C)OC(=O)NC1(c2ccc(F)cc2)CCN(C(=O)OC(C)(C)C)CC1. The number of ether oxygens (including phenoxy) is 2. The molecule has 0 radical (unpaired) electrons. The van der Waals surface area contributed by atoms with Crippen LogP contribution < -0.4 is 5.32 Å². The minimum atomic E-state index is -0.742. The Balaban J connectivity index is 2.19. The van der Waals surface area contributed by atoms with Crippen molar-refractivity contribution in [1.82, 2.24) is 10.2 Å². The summed E-state index contributed by atoms with van der Waals surface area (Å²) in [6.45, 7) is 11.7. The molecule has 1 aliphatic heterocycles. The maximum atomic E-state index is 13.4. The number of alkyl carbamates (subject to hydrolysis) is 1. The molecule has 0 atom stereocenters. The van der Waals surface area contributed by atoms with Gasteiger partial charge in [-0.15, -0.1) is 0 Å². The summed E-state index contributed by atoms with van der Waals surface area (Å²) in [5.41, 5.74) is -1.17. The fourth-order valence-electron chi connectivity index (χ4n) is 3.15. The molecule has 0 bridgehead atoms. The Hall–Kier alpha value is -2.31. The van der Waals surface area contributed by atoms with Gasteiger partial charge in [-0.1, -0.05) is 12.1 Å². The molecular weight excluding hydrogens is 363 g/mol. The lowest BCUT2D eigenvalue weighted by Gasteiger charge is -2.43. The van der Waals surface area contributed by atoms with Gasteiger partial charge in [-0.05, 0) is 72.1 Å². The average Bonchev–Trinajstić information content (AvgIpc) is 2.52. The number of nitrogens with one attached hydrogen (secondary N) is 1. The highest BCUT2D eigenvalue weighted by Crippen LogP contribution is 2.34. The van der Waals surface area contributed by atoms with Crippen molar-refractivity contribution in [2.75, 3.05) is 13.1 Å². The third-order valence-corrected chi connectivity index (χ3v) is 4.41. The first kappa shape index (κ1) is 22.0. The van der Waals surface area contributed by atoms with Gasteiger partial charge in [-0.3, -0.25) is 0 Å². The van der Waals surface area contributed by atoms with Crippen molar-refractivity contribution in [3.05, 3.63) is 35.6 Å². The molecule has 0 saturated carbocycles. The quantitative estimate of drug-likeness (QED) is 0.797. The highest BCUT2D eigenvalue weighted by molar-refractivity contribution is 5.70. The number of rotatable bonds is 2. The maximum absolute atomic E-state index is 13.4. The topological polar surface area (TPSA) is 67.9 Å². The van der Waals surface area contributed by atoms with E-state index >= 15 is 0 Å². The highest BCUT2D eigenvalue weighted by Gasteiger charge is 2.40. The molecule has 0 aliphatic carbocycles. The number of likely N-dealkylation sites (tertiary alicyclic amines) is 1. The van der Waals surface area contributed by atoms with E-state index in [-0.39, 0.29) is 11.9 Å². The second-order valence-corrected chi connectivity index (χ2v) is 9.18. The zero-order valence-corrected chi connectivity index (χ0v) is 17.6. The predicted molar refractivity (Wildman–Crippen MR) is 104 cm³/mol. The molecule has 6 nitrogen and oxygen atoms in total. The van der Waals surface area contributed by atoms with Gasteiger partial charge in [-0.25, -0.2) is 14.0 Å². The molecule has 1 aromatic rings. The number of benzene rings is 1. The van der Waals surface area contributed by atoms with Crippen molar-refractivity contribution in [3.8, 4) is 0 Å². The van der Waals surface area contributed by atoms with Gasteiger partial charge in [0.25, 0.3) is 0 Å². The summed E-state index contributed by atoms with van der Waals surface area (Å²) in [7, 11) is 0. The second kappa shape index (κ2) is 7.97. The Morgan fingerprint density at radius 2 is 1.46 bits per heavy atom. The van der Waals surface area contributed by atoms with Crippen LogP contribution in [-0.4, -0.2) is 41.4 Å². The molecular formula is C21H31FN2O4. The molecule has 2 rings (SSSR count). The monoisotopic (exact) mass is 394 g/mol. The van der Waals surface area contributed by atoms with Crippen molar-refractivity contribution in [3.63, 3.8) is 0 Å². The smallest absolute Gasteiger partial charge is 0.410 e. The van der Waals surface area contributed by atoms with Gasteiger partial charge in [0.05, 0.1) is 5.54 Å². The Morgan fingerprint density at radius 3 is 1.93 bits per heavy atom. The van der Waals surface area contributed by atoms with Crippen molar-refractivity contribution in [1.29, 1.82) is 0 Å². The number of carbonyl (C=O) groups is 2. The molecule has 1 heterocycles. The lowest BCUT2D eigenvalue weighted by atomic mass is 9.81. The minimum absolute atomic E-state index is 0.345. The van der Waals surface area contributed by atoms with E-state index in [4.69, 9.17) is 9.47 Å². The normalized spacial score (nSPS) is 17.0.